The highest BCUT2D eigenvalue weighted by Gasteiger charge is 2.56. The fraction of sp³-hybridized carbons (Fsp3) is 0.543. The van der Waals surface area contributed by atoms with Crippen molar-refractivity contribution in [1.29, 1.82) is 0 Å². The van der Waals surface area contributed by atoms with Crippen LogP contribution >= 0.6 is 0 Å². The van der Waals surface area contributed by atoms with Gasteiger partial charge in [-0.05, 0) is 91.9 Å². The Balaban J connectivity index is 1.25. The lowest BCUT2D eigenvalue weighted by Gasteiger charge is -2.62. The fourth-order valence-corrected chi connectivity index (χ4v) is 8.73. The van der Waals surface area contributed by atoms with E-state index in [-0.39, 0.29) is 29.7 Å². The number of fused-ring (bicyclic) bond motifs is 3. The summed E-state index contributed by atoms with van der Waals surface area (Å²) in [6, 6.07) is 17.1. The molecule has 8 rings (SSSR count). The zero-order valence-electron chi connectivity index (χ0n) is 25.5. The summed E-state index contributed by atoms with van der Waals surface area (Å²) in [7, 11) is 0. The molecule has 8 heteroatoms. The van der Waals surface area contributed by atoms with Crippen LogP contribution in [0.2, 0.25) is 0 Å². The van der Waals surface area contributed by atoms with Gasteiger partial charge in [0.25, 0.3) is 5.91 Å². The molecule has 1 aliphatic heterocycles. The van der Waals surface area contributed by atoms with Crippen LogP contribution in [0.15, 0.2) is 54.6 Å². The molecule has 3 aromatic rings. The lowest BCUT2D eigenvalue weighted by Crippen LogP contribution is -2.60. The molecule has 1 N–H and O–H groups in total. The van der Waals surface area contributed by atoms with E-state index in [4.69, 9.17) is 4.74 Å². The van der Waals surface area contributed by atoms with Gasteiger partial charge in [-0.25, -0.2) is 4.79 Å². The average Bonchev–Trinajstić information content (AvgIpc) is 3.47. The summed E-state index contributed by atoms with van der Waals surface area (Å²) in [5, 5.41) is 12.3. The zero-order valence-corrected chi connectivity index (χ0v) is 25.5. The number of carbonyl (C=O) groups is 2. The van der Waals surface area contributed by atoms with E-state index < -0.39 is 0 Å². The van der Waals surface area contributed by atoms with Gasteiger partial charge in [-0.1, -0.05) is 69.2 Å². The monoisotopic (exact) mass is 581 g/mol. The average molecular weight is 582 g/mol. The van der Waals surface area contributed by atoms with Crippen LogP contribution in [-0.2, 0) is 0 Å². The Morgan fingerprint density at radius 1 is 0.953 bits per heavy atom. The molecule has 1 aromatic heterocycles. The van der Waals surface area contributed by atoms with Gasteiger partial charge in [-0.3, -0.25) is 4.79 Å². The summed E-state index contributed by atoms with van der Waals surface area (Å²) in [6.07, 6.45) is 8.83. The van der Waals surface area contributed by atoms with Gasteiger partial charge in [0.05, 0.1) is 0 Å². The second-order valence-electron chi connectivity index (χ2n) is 13.9. The SMILES string of the molecule is C[C@@H]1[C@H]2C[C@@H](C[C@H]1NC(=O)c1c(-c3ccccc3Oc3ccccc3)nnn1C(=O)N1CCCC3CCCCC31)C2(C)C. The molecule has 8 nitrogen and oxygen atoms in total. The van der Waals surface area contributed by atoms with Crippen molar-refractivity contribution in [1.82, 2.24) is 25.2 Å². The highest BCUT2D eigenvalue weighted by molar-refractivity contribution is 6.02. The lowest BCUT2D eigenvalue weighted by atomic mass is 9.45. The van der Waals surface area contributed by atoms with Gasteiger partial charge < -0.3 is 15.0 Å². The van der Waals surface area contributed by atoms with E-state index >= 15 is 0 Å². The third kappa shape index (κ3) is 4.92. The summed E-state index contributed by atoms with van der Waals surface area (Å²) in [5.41, 5.74) is 1.50. The Bertz CT molecular complexity index is 1500. The van der Waals surface area contributed by atoms with Crippen LogP contribution in [0.25, 0.3) is 11.3 Å². The standard InChI is InChI=1S/C35H43N5O3/c1-22-27-20-24(35(27,2)3)21-28(22)36-33(41)32-31(26-16-8-10-18-30(26)43-25-14-5-4-6-15-25)37-38-40(32)34(42)39-19-11-13-23-12-7-9-17-29(23)39/h4-6,8,10,14-16,18,22-24,27-29H,7,9,11-13,17,19-21H2,1-3H3,(H,36,41)/t22-,23?,24+,27-,28-,29?/m1/s1. The first kappa shape index (κ1) is 28.1. The molecule has 43 heavy (non-hydrogen) atoms. The van der Waals surface area contributed by atoms with Gasteiger partial charge in [-0.2, -0.15) is 4.68 Å². The largest absolute Gasteiger partial charge is 0.457 e. The van der Waals surface area contributed by atoms with Crippen LogP contribution in [-0.4, -0.2) is 50.5 Å². The number of hydrogen-bond donors (Lipinski definition) is 1. The van der Waals surface area contributed by atoms with Crippen LogP contribution in [0, 0.1) is 29.1 Å². The molecule has 2 amide bonds. The summed E-state index contributed by atoms with van der Waals surface area (Å²) in [4.78, 5) is 30.6. The maximum Gasteiger partial charge on any atom is 0.347 e. The molecule has 0 spiro atoms. The van der Waals surface area contributed by atoms with Crippen LogP contribution in [0.4, 0.5) is 4.79 Å². The van der Waals surface area contributed by atoms with E-state index in [9.17, 15) is 9.59 Å². The number of benzene rings is 2. The molecule has 2 heterocycles. The van der Waals surface area contributed by atoms with Gasteiger partial charge in [0.2, 0.25) is 0 Å². The van der Waals surface area contributed by atoms with Crippen LogP contribution in [0.3, 0.4) is 0 Å². The maximum absolute atomic E-state index is 14.3. The van der Waals surface area contributed by atoms with Crippen LogP contribution < -0.4 is 10.1 Å². The Morgan fingerprint density at radius 2 is 1.70 bits per heavy atom. The normalized spacial score (nSPS) is 29.2. The minimum absolute atomic E-state index is 0.0455. The third-order valence-corrected chi connectivity index (χ3v) is 11.3. The van der Waals surface area contributed by atoms with Gasteiger partial charge >= 0.3 is 6.03 Å². The summed E-state index contributed by atoms with van der Waals surface area (Å²) < 4.78 is 7.54. The molecule has 1 saturated heterocycles. The van der Waals surface area contributed by atoms with E-state index in [2.05, 4.69) is 36.4 Å². The first-order chi connectivity index (χ1) is 20.8. The Labute approximate surface area is 254 Å². The van der Waals surface area contributed by atoms with E-state index in [1.807, 2.05) is 59.5 Å². The molecule has 5 aliphatic rings. The van der Waals surface area contributed by atoms with Crippen LogP contribution in [0.1, 0.15) is 82.6 Å². The minimum atomic E-state index is -0.295. The number of aromatic nitrogens is 3. The first-order valence-electron chi connectivity index (χ1n) is 16.2. The molecule has 226 valence electrons. The van der Waals surface area contributed by atoms with Crippen molar-refractivity contribution in [3.63, 3.8) is 0 Å². The van der Waals surface area contributed by atoms with Crippen molar-refractivity contribution in [2.24, 2.45) is 29.1 Å². The van der Waals surface area contributed by atoms with Crippen molar-refractivity contribution in [2.75, 3.05) is 6.54 Å². The lowest BCUT2D eigenvalue weighted by molar-refractivity contribution is -0.113. The molecule has 6 atom stereocenters. The topological polar surface area (TPSA) is 89.3 Å². The molecule has 5 fully saturated rings. The van der Waals surface area contributed by atoms with Crippen molar-refractivity contribution in [3.05, 3.63) is 60.3 Å². The molecular weight excluding hydrogens is 538 g/mol. The van der Waals surface area contributed by atoms with Crippen LogP contribution in [0.5, 0.6) is 11.5 Å². The quantitative estimate of drug-likeness (QED) is 0.345. The van der Waals surface area contributed by atoms with Gasteiger partial charge in [0.1, 0.15) is 17.2 Å². The van der Waals surface area contributed by atoms with Gasteiger partial charge in [0.15, 0.2) is 5.69 Å². The van der Waals surface area contributed by atoms with Crippen molar-refractivity contribution >= 4 is 11.9 Å². The number of piperidine rings is 1. The van der Waals surface area contributed by atoms with Crippen molar-refractivity contribution in [3.8, 4) is 22.8 Å². The molecule has 2 unspecified atom stereocenters. The first-order valence-corrected chi connectivity index (χ1v) is 16.2. The predicted octanol–water partition coefficient (Wildman–Crippen LogP) is 7.16. The van der Waals surface area contributed by atoms with Gasteiger partial charge in [0, 0.05) is 24.2 Å². The Morgan fingerprint density at radius 3 is 2.49 bits per heavy atom. The summed E-state index contributed by atoms with van der Waals surface area (Å²) in [5.74, 6) is 2.99. The zero-order chi connectivity index (χ0) is 29.7. The highest BCUT2D eigenvalue weighted by Crippen LogP contribution is 2.61. The maximum atomic E-state index is 14.3. The summed E-state index contributed by atoms with van der Waals surface area (Å²) in [6.45, 7) is 7.66. The second kappa shape index (κ2) is 11.1. The number of carbonyl (C=O) groups excluding carboxylic acids is 2. The third-order valence-electron chi connectivity index (χ3n) is 11.3. The Kier molecular flexibility index (Phi) is 7.26. The molecule has 4 saturated carbocycles. The molecule has 0 radical (unpaired) electrons. The second-order valence-corrected chi connectivity index (χ2v) is 13.9. The number of rotatable bonds is 5. The van der Waals surface area contributed by atoms with E-state index in [0.29, 0.717) is 58.4 Å². The molecule has 2 bridgehead atoms. The van der Waals surface area contributed by atoms with Crippen molar-refractivity contribution < 1.29 is 14.3 Å². The number of likely N-dealkylation sites (tertiary alicyclic amines) is 1. The number of amides is 2. The van der Waals surface area contributed by atoms with E-state index in [1.165, 1.54) is 17.5 Å². The number of hydrogen-bond acceptors (Lipinski definition) is 5. The van der Waals surface area contributed by atoms with E-state index in [0.717, 1.165) is 38.5 Å². The smallest absolute Gasteiger partial charge is 0.347 e. The Hall–Kier alpha value is -3.68. The predicted molar refractivity (Wildman–Crippen MR) is 165 cm³/mol. The molecular formula is C35H43N5O3. The number of nitrogens with one attached hydrogen (secondary N) is 1. The highest BCUT2D eigenvalue weighted by atomic mass is 16.5. The fourth-order valence-electron chi connectivity index (χ4n) is 8.73. The molecule has 2 aromatic carbocycles. The van der Waals surface area contributed by atoms with E-state index in [1.54, 1.807) is 0 Å². The number of para-hydroxylation sites is 2. The van der Waals surface area contributed by atoms with Crippen molar-refractivity contribution in [2.45, 2.75) is 84.2 Å². The molecule has 4 aliphatic carbocycles. The number of nitrogens with zero attached hydrogens (tertiary/aromatic N) is 4. The summed E-state index contributed by atoms with van der Waals surface area (Å²) >= 11 is 0. The van der Waals surface area contributed by atoms with Gasteiger partial charge in [-0.15, -0.1) is 5.10 Å². The minimum Gasteiger partial charge on any atom is -0.457 e. The number of ether oxygens (including phenoxy) is 1.